The van der Waals surface area contributed by atoms with Gasteiger partial charge in [-0.05, 0) is 31.2 Å². The summed E-state index contributed by atoms with van der Waals surface area (Å²) in [5, 5.41) is 0.274. The van der Waals surface area contributed by atoms with Gasteiger partial charge < -0.3 is 15.2 Å². The van der Waals surface area contributed by atoms with Gasteiger partial charge in [0.15, 0.2) is 0 Å². The van der Waals surface area contributed by atoms with Gasteiger partial charge in [0.25, 0.3) is 11.1 Å². The molecular formula is C21H18FN3O5. The number of aromatic nitrogens is 2. The standard InChI is InChI=1S/C21H18FN3O5/c1-3-30-21(28)16-17(14-9-8-11(29-2)10-15(14)22)24-19(26)12-6-4-5-7-13(12)20(27)25(24)18(16)23/h4-10,17H,3,23H2,1-2H3/t17-/m0/s1. The number of carbonyl (C=O) groups is 1. The van der Waals surface area contributed by atoms with E-state index in [1.807, 2.05) is 0 Å². The highest BCUT2D eigenvalue weighted by atomic mass is 19.1. The van der Waals surface area contributed by atoms with Crippen molar-refractivity contribution in [1.82, 2.24) is 9.36 Å². The number of halogens is 1. The molecule has 1 aromatic heterocycles. The van der Waals surface area contributed by atoms with Gasteiger partial charge in [-0.3, -0.25) is 9.59 Å². The molecule has 1 aliphatic heterocycles. The van der Waals surface area contributed by atoms with Crippen LogP contribution >= 0.6 is 0 Å². The van der Waals surface area contributed by atoms with Gasteiger partial charge >= 0.3 is 5.97 Å². The number of esters is 1. The Morgan fingerprint density at radius 3 is 2.40 bits per heavy atom. The molecule has 30 heavy (non-hydrogen) atoms. The molecule has 2 heterocycles. The smallest absolute Gasteiger partial charge is 0.340 e. The van der Waals surface area contributed by atoms with Crippen molar-refractivity contribution in [1.29, 1.82) is 0 Å². The maximum atomic E-state index is 15.0. The first-order valence-corrected chi connectivity index (χ1v) is 9.17. The topological polar surface area (TPSA) is 106 Å². The number of ether oxygens (including phenoxy) is 2. The van der Waals surface area contributed by atoms with Gasteiger partial charge in [-0.1, -0.05) is 12.1 Å². The Morgan fingerprint density at radius 1 is 1.13 bits per heavy atom. The summed E-state index contributed by atoms with van der Waals surface area (Å²) in [6, 6.07) is 8.93. The maximum Gasteiger partial charge on any atom is 0.340 e. The molecule has 8 nitrogen and oxygen atoms in total. The molecule has 4 rings (SSSR count). The zero-order valence-electron chi connectivity index (χ0n) is 16.2. The lowest BCUT2D eigenvalue weighted by atomic mass is 9.98. The van der Waals surface area contributed by atoms with Gasteiger partial charge in [-0.2, -0.15) is 4.68 Å². The van der Waals surface area contributed by atoms with Gasteiger partial charge in [0.1, 0.15) is 29.0 Å². The van der Waals surface area contributed by atoms with E-state index in [4.69, 9.17) is 15.2 Å². The van der Waals surface area contributed by atoms with Gasteiger partial charge in [0, 0.05) is 11.6 Å². The summed E-state index contributed by atoms with van der Waals surface area (Å²) in [5.74, 6) is -1.59. The van der Waals surface area contributed by atoms with Crippen LogP contribution in [0.4, 0.5) is 4.39 Å². The fourth-order valence-electron chi connectivity index (χ4n) is 3.69. The van der Waals surface area contributed by atoms with E-state index in [2.05, 4.69) is 0 Å². The quantitative estimate of drug-likeness (QED) is 0.654. The minimum Gasteiger partial charge on any atom is -0.497 e. The van der Waals surface area contributed by atoms with Crippen LogP contribution in [0.15, 0.2) is 57.6 Å². The molecule has 9 heteroatoms. The number of fused-ring (bicyclic) bond motifs is 2. The van der Waals surface area contributed by atoms with Gasteiger partial charge in [0.2, 0.25) is 0 Å². The number of carbonyl (C=O) groups excluding carboxylic acids is 1. The average molecular weight is 411 g/mol. The van der Waals surface area contributed by atoms with Gasteiger partial charge in [0.05, 0.1) is 24.5 Å². The molecule has 2 N–H and O–H groups in total. The van der Waals surface area contributed by atoms with Crippen LogP contribution in [-0.4, -0.2) is 29.0 Å². The second kappa shape index (κ2) is 7.18. The molecule has 1 aliphatic rings. The molecule has 0 fully saturated rings. The molecule has 0 spiro atoms. The van der Waals surface area contributed by atoms with Crippen LogP contribution in [0.25, 0.3) is 16.6 Å². The first-order chi connectivity index (χ1) is 14.4. The third-order valence-corrected chi connectivity index (χ3v) is 5.02. The molecule has 0 unspecified atom stereocenters. The Labute approximate surface area is 169 Å². The normalized spacial score (nSPS) is 15.4. The summed E-state index contributed by atoms with van der Waals surface area (Å²) in [7, 11) is 1.39. The Balaban J connectivity index is 2.10. The van der Waals surface area contributed by atoms with E-state index < -0.39 is 28.9 Å². The van der Waals surface area contributed by atoms with Crippen molar-refractivity contribution in [3.8, 4) is 5.75 Å². The van der Waals surface area contributed by atoms with Crippen molar-refractivity contribution >= 4 is 22.6 Å². The van der Waals surface area contributed by atoms with Crippen LogP contribution in [0.2, 0.25) is 0 Å². The predicted octanol–water partition coefficient (Wildman–Crippen LogP) is 1.60. The van der Waals surface area contributed by atoms with Gasteiger partial charge in [-0.15, -0.1) is 0 Å². The van der Waals surface area contributed by atoms with Crippen LogP contribution in [0.3, 0.4) is 0 Å². The van der Waals surface area contributed by atoms with Crippen LogP contribution in [0.5, 0.6) is 5.75 Å². The highest BCUT2D eigenvalue weighted by molar-refractivity contribution is 5.97. The minimum absolute atomic E-state index is 0.0233. The number of methoxy groups -OCH3 is 1. The van der Waals surface area contributed by atoms with E-state index in [0.717, 1.165) is 15.4 Å². The van der Waals surface area contributed by atoms with E-state index in [9.17, 15) is 18.8 Å². The highest BCUT2D eigenvalue weighted by Gasteiger charge is 2.40. The summed E-state index contributed by atoms with van der Waals surface area (Å²) >= 11 is 0. The van der Waals surface area contributed by atoms with Gasteiger partial charge in [-0.25, -0.2) is 13.9 Å². The molecule has 154 valence electrons. The second-order valence-electron chi connectivity index (χ2n) is 6.62. The van der Waals surface area contributed by atoms with Crippen molar-refractivity contribution in [3.63, 3.8) is 0 Å². The Bertz CT molecular complexity index is 1340. The Hall–Kier alpha value is -3.88. The molecule has 0 aliphatic carbocycles. The van der Waals surface area contributed by atoms with E-state index in [-0.39, 0.29) is 40.1 Å². The molecule has 2 aromatic carbocycles. The minimum atomic E-state index is -1.28. The summed E-state index contributed by atoms with van der Waals surface area (Å²) in [5.41, 5.74) is 4.76. The SMILES string of the molecule is CCOC(=O)C1=C(N)n2c(=O)c3ccccc3c(=O)n2[C@H]1c1ccc(OC)cc1F. The van der Waals surface area contributed by atoms with E-state index in [1.165, 1.54) is 31.4 Å². The van der Waals surface area contributed by atoms with Crippen molar-refractivity contribution in [2.24, 2.45) is 5.73 Å². The number of nitrogens with zero attached hydrogens (tertiary/aromatic N) is 2. The van der Waals surface area contributed by atoms with Crippen LogP contribution in [0, 0.1) is 5.82 Å². The molecule has 0 saturated heterocycles. The zero-order chi connectivity index (χ0) is 21.6. The third-order valence-electron chi connectivity index (χ3n) is 5.02. The Kier molecular flexibility index (Phi) is 4.65. The lowest BCUT2D eigenvalue weighted by Crippen LogP contribution is -2.38. The molecule has 0 amide bonds. The molecule has 0 bridgehead atoms. The van der Waals surface area contributed by atoms with Crippen molar-refractivity contribution in [2.45, 2.75) is 13.0 Å². The summed E-state index contributed by atoms with van der Waals surface area (Å²) in [6.07, 6.45) is 0. The van der Waals surface area contributed by atoms with E-state index >= 15 is 0 Å². The fourth-order valence-corrected chi connectivity index (χ4v) is 3.69. The van der Waals surface area contributed by atoms with Crippen LogP contribution in [0.1, 0.15) is 18.5 Å². The number of benzene rings is 2. The van der Waals surface area contributed by atoms with E-state index in [1.54, 1.807) is 19.1 Å². The first-order valence-electron chi connectivity index (χ1n) is 9.17. The molecule has 1 atom stereocenters. The van der Waals surface area contributed by atoms with E-state index in [0.29, 0.717) is 0 Å². The van der Waals surface area contributed by atoms with Crippen molar-refractivity contribution in [3.05, 3.63) is 80.1 Å². The molecular weight excluding hydrogens is 393 g/mol. The lowest BCUT2D eigenvalue weighted by molar-refractivity contribution is -0.138. The fraction of sp³-hybridized carbons (Fsp3) is 0.190. The summed E-state index contributed by atoms with van der Waals surface area (Å²) in [4.78, 5) is 39.1. The highest BCUT2D eigenvalue weighted by Crippen LogP contribution is 2.36. The number of hydrogen-bond donors (Lipinski definition) is 1. The number of hydrogen-bond acceptors (Lipinski definition) is 6. The molecule has 0 saturated carbocycles. The van der Waals surface area contributed by atoms with Crippen LogP contribution < -0.4 is 21.6 Å². The summed E-state index contributed by atoms with van der Waals surface area (Å²) in [6.45, 7) is 1.64. The maximum absolute atomic E-state index is 15.0. The number of nitrogens with two attached hydrogens (primary N) is 1. The zero-order valence-corrected chi connectivity index (χ0v) is 16.2. The molecule has 3 aromatic rings. The predicted molar refractivity (Wildman–Crippen MR) is 108 cm³/mol. The van der Waals surface area contributed by atoms with Crippen molar-refractivity contribution in [2.75, 3.05) is 13.7 Å². The second-order valence-corrected chi connectivity index (χ2v) is 6.62. The third kappa shape index (κ3) is 2.70. The Morgan fingerprint density at radius 2 is 1.80 bits per heavy atom. The summed E-state index contributed by atoms with van der Waals surface area (Å²) < 4.78 is 27.0. The van der Waals surface area contributed by atoms with Crippen molar-refractivity contribution < 1.29 is 18.7 Å². The largest absolute Gasteiger partial charge is 0.497 e. The van der Waals surface area contributed by atoms with Crippen LogP contribution in [-0.2, 0) is 9.53 Å². The lowest BCUT2D eigenvalue weighted by Gasteiger charge is -2.19. The first kappa shape index (κ1) is 19.4. The number of rotatable bonds is 4. The monoisotopic (exact) mass is 411 g/mol. The average Bonchev–Trinajstić information content (AvgIpc) is 3.05. The molecule has 0 radical (unpaired) electrons.